The first-order chi connectivity index (χ1) is 8.99. The largest absolute Gasteiger partial charge is 0.389 e. The molecule has 0 saturated heterocycles. The van der Waals surface area contributed by atoms with Crippen molar-refractivity contribution in [1.29, 1.82) is 0 Å². The summed E-state index contributed by atoms with van der Waals surface area (Å²) in [5.41, 5.74) is 6.15. The van der Waals surface area contributed by atoms with Gasteiger partial charge >= 0.3 is 0 Å². The van der Waals surface area contributed by atoms with Crippen LogP contribution in [0.1, 0.15) is 31.2 Å². The number of thiocarbonyl (C=S) groups is 1. The van der Waals surface area contributed by atoms with Gasteiger partial charge in [-0.15, -0.1) is 0 Å². The van der Waals surface area contributed by atoms with Crippen molar-refractivity contribution < 1.29 is 8.42 Å². The van der Waals surface area contributed by atoms with Crippen molar-refractivity contribution in [2.75, 3.05) is 6.54 Å². The van der Waals surface area contributed by atoms with Crippen molar-refractivity contribution in [1.82, 2.24) is 4.72 Å². The molecule has 0 radical (unpaired) electrons. The fraction of sp³-hybridized carbons (Fsp3) is 0.462. The van der Waals surface area contributed by atoms with Gasteiger partial charge in [0.1, 0.15) is 4.99 Å². The molecule has 4 nitrogen and oxygen atoms in total. The molecule has 1 aliphatic rings. The molecule has 104 valence electrons. The monoisotopic (exact) mass is 298 g/mol. The van der Waals surface area contributed by atoms with Gasteiger partial charge in [0, 0.05) is 12.1 Å². The number of nitrogens with two attached hydrogens (primary N) is 1. The average molecular weight is 298 g/mol. The second-order valence-corrected chi connectivity index (χ2v) is 7.10. The Labute approximate surface area is 119 Å². The first-order valence-corrected chi connectivity index (χ1v) is 8.28. The fourth-order valence-corrected chi connectivity index (χ4v) is 3.58. The average Bonchev–Trinajstić information content (AvgIpc) is 2.90. The third-order valence-corrected chi connectivity index (χ3v) is 5.16. The Hall–Kier alpha value is -0.980. The van der Waals surface area contributed by atoms with Gasteiger partial charge < -0.3 is 5.73 Å². The maximum Gasteiger partial charge on any atom is 0.240 e. The Morgan fingerprint density at radius 2 is 1.84 bits per heavy atom. The number of sulfonamides is 1. The van der Waals surface area contributed by atoms with Gasteiger partial charge in [-0.2, -0.15) is 0 Å². The van der Waals surface area contributed by atoms with Crippen molar-refractivity contribution in [3.05, 3.63) is 29.8 Å². The second kappa shape index (κ2) is 5.98. The molecule has 3 N–H and O–H groups in total. The summed E-state index contributed by atoms with van der Waals surface area (Å²) in [6, 6.07) is 6.33. The summed E-state index contributed by atoms with van der Waals surface area (Å²) in [7, 11) is -3.42. The number of benzene rings is 1. The van der Waals surface area contributed by atoms with Gasteiger partial charge in [-0.25, -0.2) is 13.1 Å². The second-order valence-electron chi connectivity index (χ2n) is 4.89. The van der Waals surface area contributed by atoms with Crippen LogP contribution in [0.4, 0.5) is 0 Å². The van der Waals surface area contributed by atoms with Crippen LogP contribution in [0, 0.1) is 5.92 Å². The molecule has 0 aliphatic heterocycles. The van der Waals surface area contributed by atoms with E-state index in [-0.39, 0.29) is 9.88 Å². The maximum absolute atomic E-state index is 12.1. The first kappa shape index (κ1) is 14.4. The number of hydrogen-bond donors (Lipinski definition) is 2. The zero-order valence-electron chi connectivity index (χ0n) is 10.6. The minimum absolute atomic E-state index is 0.255. The van der Waals surface area contributed by atoms with E-state index < -0.39 is 10.0 Å². The zero-order chi connectivity index (χ0) is 13.9. The standard InChI is InChI=1S/C13H18N2O2S2/c14-13(18)11-5-7-12(8-6-11)19(16,17)15-9-10-3-1-2-4-10/h5-8,10,15H,1-4,9H2,(H2,14,18). The van der Waals surface area contributed by atoms with E-state index in [1.165, 1.54) is 25.0 Å². The molecule has 1 aromatic rings. The van der Waals surface area contributed by atoms with Crippen LogP contribution in [-0.4, -0.2) is 20.0 Å². The van der Waals surface area contributed by atoms with Crippen LogP contribution in [-0.2, 0) is 10.0 Å². The highest BCUT2D eigenvalue weighted by Crippen LogP contribution is 2.24. The van der Waals surface area contributed by atoms with E-state index in [1.54, 1.807) is 12.1 Å². The molecule has 0 atom stereocenters. The Kier molecular flexibility index (Phi) is 4.54. The molecule has 1 saturated carbocycles. The molecule has 19 heavy (non-hydrogen) atoms. The highest BCUT2D eigenvalue weighted by atomic mass is 32.2. The van der Waals surface area contributed by atoms with E-state index in [2.05, 4.69) is 4.72 Å². The van der Waals surface area contributed by atoms with Crippen LogP contribution < -0.4 is 10.5 Å². The van der Waals surface area contributed by atoms with Gasteiger partial charge in [0.15, 0.2) is 0 Å². The molecule has 0 spiro atoms. The van der Waals surface area contributed by atoms with E-state index in [9.17, 15) is 8.42 Å². The summed E-state index contributed by atoms with van der Waals surface area (Å²) >= 11 is 4.84. The lowest BCUT2D eigenvalue weighted by Crippen LogP contribution is -2.28. The Bertz CT molecular complexity index is 547. The van der Waals surface area contributed by atoms with Crippen molar-refractivity contribution in [3.8, 4) is 0 Å². The van der Waals surface area contributed by atoms with Gasteiger partial charge in [-0.3, -0.25) is 0 Å². The molecule has 0 amide bonds. The van der Waals surface area contributed by atoms with Crippen molar-refractivity contribution in [2.24, 2.45) is 11.7 Å². The van der Waals surface area contributed by atoms with E-state index in [0.717, 1.165) is 12.8 Å². The van der Waals surface area contributed by atoms with Gasteiger partial charge in [0.05, 0.1) is 4.90 Å². The summed E-state index contributed by atoms with van der Waals surface area (Å²) in [6.07, 6.45) is 4.63. The van der Waals surface area contributed by atoms with Crippen LogP contribution in [0.5, 0.6) is 0 Å². The van der Waals surface area contributed by atoms with Crippen LogP contribution in [0.25, 0.3) is 0 Å². The molecule has 2 rings (SSSR count). The van der Waals surface area contributed by atoms with E-state index >= 15 is 0 Å². The molecule has 1 aliphatic carbocycles. The van der Waals surface area contributed by atoms with Crippen molar-refractivity contribution in [3.63, 3.8) is 0 Å². The fourth-order valence-electron chi connectivity index (χ4n) is 2.32. The minimum atomic E-state index is -3.42. The van der Waals surface area contributed by atoms with Crippen molar-refractivity contribution in [2.45, 2.75) is 30.6 Å². The van der Waals surface area contributed by atoms with E-state index in [4.69, 9.17) is 18.0 Å². The topological polar surface area (TPSA) is 72.2 Å². The predicted molar refractivity (Wildman–Crippen MR) is 79.5 cm³/mol. The molecule has 0 bridgehead atoms. The Balaban J connectivity index is 2.03. The summed E-state index contributed by atoms with van der Waals surface area (Å²) in [4.78, 5) is 0.522. The van der Waals surface area contributed by atoms with Gasteiger partial charge in [0.2, 0.25) is 10.0 Å². The van der Waals surface area contributed by atoms with Crippen LogP contribution >= 0.6 is 12.2 Å². The lowest BCUT2D eigenvalue weighted by atomic mass is 10.1. The maximum atomic E-state index is 12.1. The van der Waals surface area contributed by atoms with E-state index in [1.807, 2.05) is 0 Å². The summed E-state index contributed by atoms with van der Waals surface area (Å²) in [6.45, 7) is 0.527. The first-order valence-electron chi connectivity index (χ1n) is 6.38. The Morgan fingerprint density at radius 1 is 1.26 bits per heavy atom. The molecule has 0 aromatic heterocycles. The van der Waals surface area contributed by atoms with Crippen molar-refractivity contribution >= 4 is 27.2 Å². The third-order valence-electron chi connectivity index (χ3n) is 3.49. The normalized spacial score (nSPS) is 16.6. The molecule has 0 heterocycles. The number of nitrogens with one attached hydrogen (secondary N) is 1. The van der Waals surface area contributed by atoms with Gasteiger partial charge in [-0.05, 0) is 30.9 Å². The Morgan fingerprint density at radius 3 is 2.37 bits per heavy atom. The lowest BCUT2D eigenvalue weighted by Gasteiger charge is -2.11. The van der Waals surface area contributed by atoms with Crippen LogP contribution in [0.3, 0.4) is 0 Å². The van der Waals surface area contributed by atoms with Crippen LogP contribution in [0.15, 0.2) is 29.2 Å². The predicted octanol–water partition coefficient (Wildman–Crippen LogP) is 1.79. The summed E-state index contributed by atoms with van der Waals surface area (Å²) in [5, 5.41) is 0. The molecule has 1 fully saturated rings. The smallest absolute Gasteiger partial charge is 0.240 e. The minimum Gasteiger partial charge on any atom is -0.389 e. The highest BCUT2D eigenvalue weighted by Gasteiger charge is 2.19. The molecule has 6 heteroatoms. The lowest BCUT2D eigenvalue weighted by molar-refractivity contribution is 0.519. The summed E-state index contributed by atoms with van der Waals surface area (Å²) in [5.74, 6) is 0.477. The SMILES string of the molecule is NC(=S)c1ccc(S(=O)(=O)NCC2CCCC2)cc1. The van der Waals surface area contributed by atoms with Crippen LogP contribution in [0.2, 0.25) is 0 Å². The number of rotatable bonds is 5. The molecule has 0 unspecified atom stereocenters. The zero-order valence-corrected chi connectivity index (χ0v) is 12.3. The highest BCUT2D eigenvalue weighted by molar-refractivity contribution is 7.89. The van der Waals surface area contributed by atoms with Gasteiger partial charge in [-0.1, -0.05) is 37.2 Å². The number of hydrogen-bond acceptors (Lipinski definition) is 3. The van der Waals surface area contributed by atoms with E-state index in [0.29, 0.717) is 18.0 Å². The molecular formula is C13H18N2O2S2. The quantitative estimate of drug-likeness (QED) is 0.813. The summed E-state index contributed by atoms with van der Waals surface area (Å²) < 4.78 is 26.9. The third kappa shape index (κ3) is 3.75. The van der Waals surface area contributed by atoms with Gasteiger partial charge in [0.25, 0.3) is 0 Å². The molecule has 1 aromatic carbocycles. The molecular weight excluding hydrogens is 280 g/mol.